The van der Waals surface area contributed by atoms with E-state index < -0.39 is 0 Å². The fourth-order valence-corrected chi connectivity index (χ4v) is 3.33. The monoisotopic (exact) mass is 402 g/mol. The zero-order chi connectivity index (χ0) is 18.8. The van der Waals surface area contributed by atoms with Crippen LogP contribution in [-0.4, -0.2) is 0 Å². The molecular weight excluding hydrogens is 368 g/mol. The molecule has 0 radical (unpaired) electrons. The van der Waals surface area contributed by atoms with Crippen LogP contribution < -0.4 is 0 Å². The first-order valence-electron chi connectivity index (χ1n) is 9.71. The second-order valence-electron chi connectivity index (χ2n) is 7.31. The van der Waals surface area contributed by atoms with Gasteiger partial charge in [0.1, 0.15) is 0 Å². The summed E-state index contributed by atoms with van der Waals surface area (Å²) < 4.78 is 1.18. The largest absolute Gasteiger partial charge is 0.0651 e. The fraction of sp³-hybridized carbons (Fsp3) is 0.500. The van der Waals surface area contributed by atoms with Gasteiger partial charge in [-0.05, 0) is 46.9 Å². The van der Waals surface area contributed by atoms with E-state index in [4.69, 9.17) is 0 Å². The molecule has 0 heterocycles. The maximum Gasteiger partial charge on any atom is 0.0178 e. The molecule has 0 nitrogen and oxygen atoms in total. The molecule has 2 aromatic rings. The van der Waals surface area contributed by atoms with Crippen molar-refractivity contribution in [1.82, 2.24) is 0 Å². The molecule has 0 spiro atoms. The second kappa shape index (κ2) is 11.5. The molecule has 138 valence electrons. The summed E-state index contributed by atoms with van der Waals surface area (Å²) in [5.41, 5.74) is 2.90. The van der Waals surface area contributed by atoms with E-state index in [1.54, 1.807) is 0 Å². The van der Waals surface area contributed by atoms with E-state index >= 15 is 0 Å². The molecule has 0 aliphatic heterocycles. The predicted molar refractivity (Wildman–Crippen MR) is 116 cm³/mol. The van der Waals surface area contributed by atoms with Gasteiger partial charge >= 0.3 is 0 Å². The summed E-state index contributed by atoms with van der Waals surface area (Å²) in [6.45, 7) is 13.7. The summed E-state index contributed by atoms with van der Waals surface area (Å²) in [4.78, 5) is 0. The molecule has 0 bridgehead atoms. The van der Waals surface area contributed by atoms with Crippen molar-refractivity contribution >= 4 is 15.9 Å². The molecule has 0 saturated carbocycles. The van der Waals surface area contributed by atoms with Gasteiger partial charge in [0.15, 0.2) is 0 Å². The molecule has 2 aromatic carbocycles. The minimum atomic E-state index is 0.655. The number of rotatable bonds is 6. The van der Waals surface area contributed by atoms with Gasteiger partial charge in [-0.1, -0.05) is 113 Å². The van der Waals surface area contributed by atoms with Crippen LogP contribution in [0.1, 0.15) is 77.3 Å². The Morgan fingerprint density at radius 1 is 0.680 bits per heavy atom. The minimum absolute atomic E-state index is 0.655. The Kier molecular flexibility index (Phi) is 10.1. The van der Waals surface area contributed by atoms with E-state index in [0.29, 0.717) is 11.8 Å². The van der Waals surface area contributed by atoms with E-state index in [1.165, 1.54) is 28.4 Å². The standard InChI is InChI=1S/C12H17Br.C12H18/c1-4-9(2)10(3)11-6-5-7-12(13)8-11;1-4-10(2)11(3)12-8-6-5-7-9-12/h5-10H,4H2,1-3H3;5-11H,4H2,1-3H3. The lowest BCUT2D eigenvalue weighted by Gasteiger charge is -2.18. The third-order valence-electron chi connectivity index (χ3n) is 5.69. The molecule has 0 aromatic heterocycles. The summed E-state index contributed by atoms with van der Waals surface area (Å²) in [7, 11) is 0. The molecule has 0 aliphatic rings. The molecule has 1 heteroatoms. The van der Waals surface area contributed by atoms with Crippen LogP contribution in [-0.2, 0) is 0 Å². The molecule has 4 unspecified atom stereocenters. The molecule has 25 heavy (non-hydrogen) atoms. The van der Waals surface area contributed by atoms with Crippen molar-refractivity contribution in [1.29, 1.82) is 0 Å². The van der Waals surface area contributed by atoms with Gasteiger partial charge in [0.05, 0.1) is 0 Å². The lowest BCUT2D eigenvalue weighted by atomic mass is 9.87. The average molecular weight is 403 g/mol. The smallest absolute Gasteiger partial charge is 0.0178 e. The highest BCUT2D eigenvalue weighted by molar-refractivity contribution is 9.10. The van der Waals surface area contributed by atoms with Crippen molar-refractivity contribution in [3.05, 3.63) is 70.2 Å². The third-order valence-corrected chi connectivity index (χ3v) is 6.19. The maximum absolute atomic E-state index is 3.50. The highest BCUT2D eigenvalue weighted by Gasteiger charge is 2.12. The predicted octanol–water partition coefficient (Wildman–Crippen LogP) is 8.43. The second-order valence-corrected chi connectivity index (χ2v) is 8.23. The highest BCUT2D eigenvalue weighted by Crippen LogP contribution is 2.28. The Hall–Kier alpha value is -1.08. The van der Waals surface area contributed by atoms with Crippen LogP contribution >= 0.6 is 15.9 Å². The normalized spacial score (nSPS) is 15.5. The van der Waals surface area contributed by atoms with Crippen LogP contribution in [0.5, 0.6) is 0 Å². The van der Waals surface area contributed by atoms with Gasteiger partial charge < -0.3 is 0 Å². The SMILES string of the molecule is CCC(C)C(C)c1cccc(Br)c1.CCC(C)C(C)c1ccccc1. The average Bonchev–Trinajstić information content (AvgIpc) is 2.66. The van der Waals surface area contributed by atoms with Gasteiger partial charge in [0.25, 0.3) is 0 Å². The Bertz CT molecular complexity index is 590. The minimum Gasteiger partial charge on any atom is -0.0651 e. The van der Waals surface area contributed by atoms with Gasteiger partial charge in [-0.2, -0.15) is 0 Å². The van der Waals surface area contributed by atoms with E-state index in [9.17, 15) is 0 Å². The van der Waals surface area contributed by atoms with Crippen LogP contribution in [0.2, 0.25) is 0 Å². The van der Waals surface area contributed by atoms with Gasteiger partial charge in [-0.3, -0.25) is 0 Å². The van der Waals surface area contributed by atoms with Crippen LogP contribution in [0, 0.1) is 11.8 Å². The zero-order valence-corrected chi connectivity index (χ0v) is 18.4. The molecule has 0 amide bonds. The highest BCUT2D eigenvalue weighted by atomic mass is 79.9. The molecule has 0 saturated heterocycles. The summed E-state index contributed by atoms with van der Waals surface area (Å²) in [6, 6.07) is 19.4. The third kappa shape index (κ3) is 7.36. The Labute approximate surface area is 164 Å². The van der Waals surface area contributed by atoms with Crippen molar-refractivity contribution in [2.24, 2.45) is 11.8 Å². The van der Waals surface area contributed by atoms with E-state index in [2.05, 4.69) is 112 Å². The van der Waals surface area contributed by atoms with Crippen molar-refractivity contribution in [3.8, 4) is 0 Å². The lowest BCUT2D eigenvalue weighted by Crippen LogP contribution is -2.04. The molecule has 0 fully saturated rings. The first kappa shape index (κ1) is 22.0. The summed E-state index contributed by atoms with van der Waals surface area (Å²) in [5, 5.41) is 0. The summed E-state index contributed by atoms with van der Waals surface area (Å²) >= 11 is 3.50. The first-order valence-corrected chi connectivity index (χ1v) is 10.5. The molecule has 2 rings (SSSR count). The summed E-state index contributed by atoms with van der Waals surface area (Å²) in [5.74, 6) is 2.89. The van der Waals surface area contributed by atoms with Crippen LogP contribution in [0.4, 0.5) is 0 Å². The Morgan fingerprint density at radius 2 is 1.16 bits per heavy atom. The topological polar surface area (TPSA) is 0 Å². The van der Waals surface area contributed by atoms with Gasteiger partial charge in [0, 0.05) is 4.47 Å². The molecule has 4 atom stereocenters. The van der Waals surface area contributed by atoms with Crippen LogP contribution in [0.15, 0.2) is 59.1 Å². The number of hydrogen-bond donors (Lipinski definition) is 0. The van der Waals surface area contributed by atoms with Gasteiger partial charge in [0.2, 0.25) is 0 Å². The van der Waals surface area contributed by atoms with E-state index in [1.807, 2.05) is 0 Å². The first-order chi connectivity index (χ1) is 11.9. The zero-order valence-electron chi connectivity index (χ0n) is 16.8. The van der Waals surface area contributed by atoms with Crippen LogP contribution in [0.25, 0.3) is 0 Å². The Morgan fingerprint density at radius 3 is 1.64 bits per heavy atom. The number of halogens is 1. The van der Waals surface area contributed by atoms with E-state index in [0.717, 1.165) is 11.8 Å². The van der Waals surface area contributed by atoms with Crippen molar-refractivity contribution < 1.29 is 0 Å². The van der Waals surface area contributed by atoms with Crippen molar-refractivity contribution in [2.45, 2.75) is 66.2 Å². The fourth-order valence-electron chi connectivity index (χ4n) is 2.91. The molecule has 0 N–H and O–H groups in total. The lowest BCUT2D eigenvalue weighted by molar-refractivity contribution is 0.473. The Balaban J connectivity index is 0.000000251. The quantitative estimate of drug-likeness (QED) is 0.454. The van der Waals surface area contributed by atoms with Crippen molar-refractivity contribution in [2.75, 3.05) is 0 Å². The summed E-state index contributed by atoms with van der Waals surface area (Å²) in [6.07, 6.45) is 2.50. The van der Waals surface area contributed by atoms with Gasteiger partial charge in [-0.15, -0.1) is 0 Å². The van der Waals surface area contributed by atoms with Crippen molar-refractivity contribution in [3.63, 3.8) is 0 Å². The number of benzene rings is 2. The van der Waals surface area contributed by atoms with Crippen LogP contribution in [0.3, 0.4) is 0 Å². The molecule has 0 aliphatic carbocycles. The maximum atomic E-state index is 3.50. The molecular formula is C24H35Br. The van der Waals surface area contributed by atoms with Gasteiger partial charge in [-0.25, -0.2) is 0 Å². The van der Waals surface area contributed by atoms with E-state index in [-0.39, 0.29) is 0 Å². The number of hydrogen-bond acceptors (Lipinski definition) is 0.